The van der Waals surface area contributed by atoms with Crippen molar-refractivity contribution >= 4 is 17.5 Å². The molecule has 0 unspecified atom stereocenters. The molecule has 136 valence electrons. The first kappa shape index (κ1) is 17.8. The number of carbonyl (C=O) groups excluding carboxylic acids is 2. The van der Waals surface area contributed by atoms with Crippen molar-refractivity contribution in [1.29, 1.82) is 0 Å². The molecule has 2 aliphatic heterocycles. The maximum Gasteiger partial charge on any atom is 0.254 e. The minimum Gasteiger partial charge on any atom is -0.381 e. The third-order valence-corrected chi connectivity index (χ3v) is 5.01. The minimum atomic E-state index is -0.569. The van der Waals surface area contributed by atoms with E-state index in [0.717, 1.165) is 0 Å². The fraction of sp³-hybridized carbons (Fsp3) is 0.556. The zero-order valence-corrected chi connectivity index (χ0v) is 14.3. The van der Waals surface area contributed by atoms with Crippen molar-refractivity contribution in [2.24, 2.45) is 11.1 Å². The van der Waals surface area contributed by atoms with Gasteiger partial charge in [0.25, 0.3) is 5.91 Å². The fourth-order valence-electron chi connectivity index (χ4n) is 3.19. The number of nitrogens with two attached hydrogens (primary N) is 1. The average molecular weight is 347 g/mol. The second kappa shape index (κ2) is 7.95. The highest BCUT2D eigenvalue weighted by Gasteiger charge is 2.38. The smallest absolute Gasteiger partial charge is 0.254 e. The highest BCUT2D eigenvalue weighted by Crippen LogP contribution is 2.31. The first-order valence-corrected chi connectivity index (χ1v) is 8.71. The van der Waals surface area contributed by atoms with Crippen LogP contribution in [0.5, 0.6) is 0 Å². The molecular formula is C18H25N3O4. The molecule has 3 rings (SSSR count). The number of anilines is 1. The van der Waals surface area contributed by atoms with Gasteiger partial charge in [0.2, 0.25) is 5.91 Å². The van der Waals surface area contributed by atoms with E-state index in [1.165, 1.54) is 0 Å². The molecule has 7 heteroatoms. The number of amides is 2. The number of morpholine rings is 1. The van der Waals surface area contributed by atoms with Crippen molar-refractivity contribution in [1.82, 2.24) is 4.90 Å². The Morgan fingerprint density at radius 3 is 2.24 bits per heavy atom. The van der Waals surface area contributed by atoms with E-state index < -0.39 is 5.41 Å². The Kier molecular flexibility index (Phi) is 5.67. The van der Waals surface area contributed by atoms with E-state index in [4.69, 9.17) is 15.2 Å². The van der Waals surface area contributed by atoms with Crippen LogP contribution < -0.4 is 11.1 Å². The van der Waals surface area contributed by atoms with Crippen LogP contribution in [0.25, 0.3) is 0 Å². The summed E-state index contributed by atoms with van der Waals surface area (Å²) in [6.45, 7) is 3.78. The molecule has 3 N–H and O–H groups in total. The van der Waals surface area contributed by atoms with Crippen LogP contribution in [-0.4, -0.2) is 62.8 Å². The minimum absolute atomic E-state index is 0.0102. The van der Waals surface area contributed by atoms with Crippen molar-refractivity contribution < 1.29 is 19.1 Å². The summed E-state index contributed by atoms with van der Waals surface area (Å²) in [6, 6.07) is 7.00. The van der Waals surface area contributed by atoms with Crippen LogP contribution >= 0.6 is 0 Å². The Balaban J connectivity index is 1.63. The van der Waals surface area contributed by atoms with Crippen LogP contribution in [-0.2, 0) is 14.3 Å². The molecular weight excluding hydrogens is 322 g/mol. The first-order valence-electron chi connectivity index (χ1n) is 8.71. The summed E-state index contributed by atoms with van der Waals surface area (Å²) < 4.78 is 10.6. The number of hydrogen-bond acceptors (Lipinski definition) is 5. The number of hydrogen-bond donors (Lipinski definition) is 2. The van der Waals surface area contributed by atoms with Gasteiger partial charge in [-0.25, -0.2) is 0 Å². The summed E-state index contributed by atoms with van der Waals surface area (Å²) >= 11 is 0. The maximum absolute atomic E-state index is 12.7. The second-order valence-corrected chi connectivity index (χ2v) is 6.53. The summed E-state index contributed by atoms with van der Waals surface area (Å²) in [6.07, 6.45) is 1.26. The summed E-state index contributed by atoms with van der Waals surface area (Å²) in [4.78, 5) is 26.9. The molecule has 0 spiro atoms. The van der Waals surface area contributed by atoms with Crippen LogP contribution in [0.15, 0.2) is 24.3 Å². The number of carbonyl (C=O) groups is 2. The summed E-state index contributed by atoms with van der Waals surface area (Å²) in [5, 5.41) is 2.93. The number of ether oxygens (including phenoxy) is 2. The van der Waals surface area contributed by atoms with Gasteiger partial charge in [-0.05, 0) is 37.1 Å². The molecule has 2 saturated heterocycles. The zero-order valence-electron chi connectivity index (χ0n) is 14.3. The lowest BCUT2D eigenvalue weighted by molar-refractivity contribution is -0.130. The standard InChI is InChI=1S/C18H25N3O4/c19-13-18(5-9-24-10-6-18)17(23)20-15-3-1-14(2-4-15)16(22)21-7-11-25-12-8-21/h1-4H,5-13,19H2,(H,20,23). The van der Waals surface area contributed by atoms with Gasteiger partial charge in [-0.1, -0.05) is 0 Å². The lowest BCUT2D eigenvalue weighted by Gasteiger charge is -2.34. The van der Waals surface area contributed by atoms with Crippen LogP contribution in [0, 0.1) is 5.41 Å². The molecule has 1 aromatic carbocycles. The third kappa shape index (κ3) is 4.00. The molecule has 1 aromatic rings. The first-order chi connectivity index (χ1) is 12.1. The fourth-order valence-corrected chi connectivity index (χ4v) is 3.19. The number of benzene rings is 1. The van der Waals surface area contributed by atoms with Crippen LogP contribution in [0.4, 0.5) is 5.69 Å². The molecule has 2 heterocycles. The Labute approximate surface area is 147 Å². The van der Waals surface area contributed by atoms with Crippen molar-refractivity contribution in [3.63, 3.8) is 0 Å². The summed E-state index contributed by atoms with van der Waals surface area (Å²) in [5.74, 6) is -0.0883. The van der Waals surface area contributed by atoms with Gasteiger partial charge in [0.1, 0.15) is 0 Å². The lowest BCUT2D eigenvalue weighted by atomic mass is 9.79. The quantitative estimate of drug-likeness (QED) is 0.842. The van der Waals surface area contributed by atoms with E-state index in [-0.39, 0.29) is 11.8 Å². The van der Waals surface area contributed by atoms with E-state index in [0.29, 0.717) is 70.2 Å². The highest BCUT2D eigenvalue weighted by molar-refractivity contribution is 5.97. The van der Waals surface area contributed by atoms with Crippen LogP contribution in [0.2, 0.25) is 0 Å². The topological polar surface area (TPSA) is 93.9 Å². The van der Waals surface area contributed by atoms with Gasteiger partial charge in [0.15, 0.2) is 0 Å². The molecule has 0 aliphatic carbocycles. The molecule has 0 radical (unpaired) electrons. The van der Waals surface area contributed by atoms with Crippen molar-refractivity contribution in [3.8, 4) is 0 Å². The van der Waals surface area contributed by atoms with Gasteiger partial charge in [0, 0.05) is 44.1 Å². The normalized spacial score (nSPS) is 20.1. The Hall–Kier alpha value is -1.96. The largest absolute Gasteiger partial charge is 0.381 e. The monoisotopic (exact) mass is 347 g/mol. The Morgan fingerprint density at radius 1 is 1.04 bits per heavy atom. The van der Waals surface area contributed by atoms with E-state index in [9.17, 15) is 9.59 Å². The van der Waals surface area contributed by atoms with Gasteiger partial charge < -0.3 is 25.4 Å². The number of nitrogens with one attached hydrogen (secondary N) is 1. The molecule has 0 bridgehead atoms. The van der Waals surface area contributed by atoms with Crippen molar-refractivity contribution in [3.05, 3.63) is 29.8 Å². The Morgan fingerprint density at radius 2 is 1.64 bits per heavy atom. The number of rotatable bonds is 4. The SMILES string of the molecule is NCC1(C(=O)Nc2ccc(C(=O)N3CCOCC3)cc2)CCOCC1. The van der Waals surface area contributed by atoms with E-state index in [1.54, 1.807) is 29.2 Å². The van der Waals surface area contributed by atoms with Gasteiger partial charge >= 0.3 is 0 Å². The van der Waals surface area contributed by atoms with Crippen LogP contribution in [0.3, 0.4) is 0 Å². The molecule has 2 aliphatic rings. The van der Waals surface area contributed by atoms with Crippen molar-refractivity contribution in [2.75, 3.05) is 51.4 Å². The van der Waals surface area contributed by atoms with E-state index in [2.05, 4.69) is 5.32 Å². The van der Waals surface area contributed by atoms with Crippen LogP contribution in [0.1, 0.15) is 23.2 Å². The van der Waals surface area contributed by atoms with E-state index >= 15 is 0 Å². The lowest BCUT2D eigenvalue weighted by Crippen LogP contribution is -2.46. The molecule has 0 saturated carbocycles. The zero-order chi connectivity index (χ0) is 17.7. The molecule has 2 amide bonds. The maximum atomic E-state index is 12.7. The molecule has 7 nitrogen and oxygen atoms in total. The number of nitrogens with zero attached hydrogens (tertiary/aromatic N) is 1. The molecule has 0 aromatic heterocycles. The predicted octanol–water partition coefficient (Wildman–Crippen LogP) is 0.853. The average Bonchev–Trinajstić information content (AvgIpc) is 2.69. The summed E-state index contributed by atoms with van der Waals surface area (Å²) in [7, 11) is 0. The van der Waals surface area contributed by atoms with Gasteiger partial charge in [0.05, 0.1) is 18.6 Å². The van der Waals surface area contributed by atoms with Gasteiger partial charge in [-0.3, -0.25) is 9.59 Å². The second-order valence-electron chi connectivity index (χ2n) is 6.53. The third-order valence-electron chi connectivity index (χ3n) is 5.01. The van der Waals surface area contributed by atoms with Gasteiger partial charge in [-0.15, -0.1) is 0 Å². The molecule has 0 atom stereocenters. The van der Waals surface area contributed by atoms with Gasteiger partial charge in [-0.2, -0.15) is 0 Å². The molecule has 25 heavy (non-hydrogen) atoms. The van der Waals surface area contributed by atoms with Crippen molar-refractivity contribution in [2.45, 2.75) is 12.8 Å². The highest BCUT2D eigenvalue weighted by atomic mass is 16.5. The summed E-state index contributed by atoms with van der Waals surface area (Å²) in [5.41, 5.74) is 6.57. The Bertz CT molecular complexity index is 605. The molecule has 2 fully saturated rings. The van der Waals surface area contributed by atoms with E-state index in [1.807, 2.05) is 0 Å². The predicted molar refractivity (Wildman–Crippen MR) is 93.3 cm³/mol.